The standard InChI is InChI=1S/C20H27N7O2/c1-19(5-3-2-4-6-19)18(29)24-15-9-20(27-8-7-22-17(15)27)11-25(12-20)16(28)10-26-14-21-13-23-26/h7-8,13-15H,2-6,9-12H2,1H3,(H,24,29). The quantitative estimate of drug-likeness (QED) is 0.837. The van der Waals surface area contributed by atoms with E-state index in [9.17, 15) is 9.59 Å². The van der Waals surface area contributed by atoms with E-state index >= 15 is 0 Å². The second kappa shape index (κ2) is 6.67. The number of aromatic nitrogens is 5. The molecule has 1 unspecified atom stereocenters. The van der Waals surface area contributed by atoms with E-state index in [-0.39, 0.29) is 35.4 Å². The van der Waals surface area contributed by atoms with E-state index in [1.54, 1.807) is 17.2 Å². The molecule has 2 aliphatic heterocycles. The molecule has 1 atom stereocenters. The largest absolute Gasteiger partial charge is 0.346 e. The van der Waals surface area contributed by atoms with E-state index in [0.29, 0.717) is 13.1 Å². The molecule has 2 fully saturated rings. The van der Waals surface area contributed by atoms with Crippen molar-refractivity contribution in [3.05, 3.63) is 30.9 Å². The molecule has 2 amide bonds. The lowest BCUT2D eigenvalue weighted by Gasteiger charge is -2.49. The van der Waals surface area contributed by atoms with Crippen LogP contribution in [0.3, 0.4) is 0 Å². The van der Waals surface area contributed by atoms with Crippen LogP contribution in [0, 0.1) is 5.41 Å². The van der Waals surface area contributed by atoms with Crippen molar-refractivity contribution in [3.8, 4) is 0 Å². The second-order valence-electron chi connectivity index (χ2n) is 9.07. The Morgan fingerprint density at radius 1 is 1.24 bits per heavy atom. The minimum absolute atomic E-state index is 0.0324. The molecular formula is C20H27N7O2. The summed E-state index contributed by atoms with van der Waals surface area (Å²) in [4.78, 5) is 35.8. The van der Waals surface area contributed by atoms with Gasteiger partial charge in [-0.3, -0.25) is 9.59 Å². The molecule has 0 aromatic carbocycles. The Labute approximate surface area is 169 Å². The zero-order valence-corrected chi connectivity index (χ0v) is 16.8. The number of nitrogens with zero attached hydrogens (tertiary/aromatic N) is 6. The van der Waals surface area contributed by atoms with E-state index in [0.717, 1.165) is 37.9 Å². The maximum Gasteiger partial charge on any atom is 0.244 e. The zero-order chi connectivity index (χ0) is 20.1. The van der Waals surface area contributed by atoms with E-state index < -0.39 is 0 Å². The molecule has 9 nitrogen and oxygen atoms in total. The summed E-state index contributed by atoms with van der Waals surface area (Å²) in [6.45, 7) is 3.55. The fourth-order valence-electron chi connectivity index (χ4n) is 5.23. The van der Waals surface area contributed by atoms with Crippen molar-refractivity contribution in [3.63, 3.8) is 0 Å². The number of rotatable bonds is 4. The summed E-state index contributed by atoms with van der Waals surface area (Å²) in [5.41, 5.74) is -0.444. The lowest BCUT2D eigenvalue weighted by atomic mass is 9.75. The van der Waals surface area contributed by atoms with Crippen LogP contribution in [0.1, 0.15) is 57.3 Å². The van der Waals surface area contributed by atoms with Crippen LogP contribution in [-0.4, -0.2) is 54.1 Å². The summed E-state index contributed by atoms with van der Waals surface area (Å²) in [7, 11) is 0. The predicted octanol–water partition coefficient (Wildman–Crippen LogP) is 1.24. The minimum Gasteiger partial charge on any atom is -0.346 e. The number of nitrogens with one attached hydrogen (secondary N) is 1. The van der Waals surface area contributed by atoms with Gasteiger partial charge >= 0.3 is 0 Å². The van der Waals surface area contributed by atoms with Crippen LogP contribution in [0.5, 0.6) is 0 Å². The van der Waals surface area contributed by atoms with Gasteiger partial charge in [-0.05, 0) is 12.8 Å². The molecule has 1 saturated heterocycles. The molecule has 2 aromatic heterocycles. The topological polar surface area (TPSA) is 97.9 Å². The highest BCUT2D eigenvalue weighted by atomic mass is 16.2. The number of carbonyl (C=O) groups is 2. The van der Waals surface area contributed by atoms with Crippen molar-refractivity contribution in [1.82, 2.24) is 34.5 Å². The third kappa shape index (κ3) is 3.03. The molecule has 1 saturated carbocycles. The fraction of sp³-hybridized carbons (Fsp3) is 0.650. The molecule has 154 valence electrons. The van der Waals surface area contributed by atoms with Gasteiger partial charge in [0.25, 0.3) is 0 Å². The molecule has 0 bridgehead atoms. The molecule has 1 spiro atoms. The Hall–Kier alpha value is -2.71. The van der Waals surface area contributed by atoms with Gasteiger partial charge in [0.1, 0.15) is 25.0 Å². The van der Waals surface area contributed by atoms with E-state index in [1.807, 2.05) is 11.1 Å². The highest BCUT2D eigenvalue weighted by molar-refractivity contribution is 5.82. The molecular weight excluding hydrogens is 370 g/mol. The van der Waals surface area contributed by atoms with Crippen LogP contribution in [-0.2, 0) is 21.7 Å². The number of carbonyl (C=O) groups excluding carboxylic acids is 2. The summed E-state index contributed by atoms with van der Waals surface area (Å²) in [6.07, 6.45) is 12.9. The monoisotopic (exact) mass is 397 g/mol. The van der Waals surface area contributed by atoms with Crippen molar-refractivity contribution in [2.24, 2.45) is 5.41 Å². The predicted molar refractivity (Wildman–Crippen MR) is 103 cm³/mol. The molecule has 9 heteroatoms. The lowest BCUT2D eigenvalue weighted by molar-refractivity contribution is -0.143. The van der Waals surface area contributed by atoms with Crippen molar-refractivity contribution < 1.29 is 9.59 Å². The first-order chi connectivity index (χ1) is 14.0. The van der Waals surface area contributed by atoms with Crippen molar-refractivity contribution in [1.29, 1.82) is 0 Å². The minimum atomic E-state index is -0.273. The molecule has 4 heterocycles. The molecule has 29 heavy (non-hydrogen) atoms. The third-order valence-electron chi connectivity index (χ3n) is 6.97. The van der Waals surface area contributed by atoms with Gasteiger partial charge in [0, 0.05) is 37.3 Å². The Morgan fingerprint density at radius 3 is 2.76 bits per heavy atom. The van der Waals surface area contributed by atoms with Crippen LogP contribution < -0.4 is 5.32 Å². The number of hydrogen-bond acceptors (Lipinski definition) is 5. The summed E-state index contributed by atoms with van der Waals surface area (Å²) in [5.74, 6) is 1.08. The molecule has 2 aromatic rings. The van der Waals surface area contributed by atoms with Gasteiger partial charge in [-0.25, -0.2) is 14.6 Å². The summed E-state index contributed by atoms with van der Waals surface area (Å²) < 4.78 is 3.71. The van der Waals surface area contributed by atoms with Crippen LogP contribution >= 0.6 is 0 Å². The Balaban J connectivity index is 1.26. The summed E-state index contributed by atoms with van der Waals surface area (Å²) in [5, 5.41) is 7.29. The number of hydrogen-bond donors (Lipinski definition) is 1. The van der Waals surface area contributed by atoms with Gasteiger partial charge in [-0.2, -0.15) is 5.10 Å². The maximum absolute atomic E-state index is 13.0. The Morgan fingerprint density at radius 2 is 2.03 bits per heavy atom. The smallest absolute Gasteiger partial charge is 0.244 e. The van der Waals surface area contributed by atoms with Crippen LogP contribution in [0.2, 0.25) is 0 Å². The lowest BCUT2D eigenvalue weighted by Crippen LogP contribution is -2.63. The van der Waals surface area contributed by atoms with Gasteiger partial charge in [0.2, 0.25) is 11.8 Å². The van der Waals surface area contributed by atoms with E-state index in [2.05, 4.69) is 31.9 Å². The highest BCUT2D eigenvalue weighted by Crippen LogP contribution is 2.45. The average Bonchev–Trinajstić information content (AvgIpc) is 3.39. The number of fused-ring (bicyclic) bond motifs is 2. The average molecular weight is 397 g/mol. The Bertz CT molecular complexity index is 907. The van der Waals surface area contributed by atoms with Gasteiger partial charge < -0.3 is 14.8 Å². The maximum atomic E-state index is 13.0. The van der Waals surface area contributed by atoms with Crippen LogP contribution in [0.4, 0.5) is 0 Å². The van der Waals surface area contributed by atoms with Crippen molar-refractivity contribution in [2.45, 2.75) is 63.6 Å². The number of imidazole rings is 1. The first-order valence-corrected chi connectivity index (χ1v) is 10.4. The molecule has 0 radical (unpaired) electrons. The highest BCUT2D eigenvalue weighted by Gasteiger charge is 2.54. The Kier molecular flexibility index (Phi) is 4.22. The van der Waals surface area contributed by atoms with Crippen LogP contribution in [0.25, 0.3) is 0 Å². The van der Waals surface area contributed by atoms with E-state index in [1.165, 1.54) is 12.7 Å². The first kappa shape index (κ1) is 18.3. The van der Waals surface area contributed by atoms with Crippen molar-refractivity contribution in [2.75, 3.05) is 13.1 Å². The molecule has 1 aliphatic carbocycles. The number of amides is 2. The van der Waals surface area contributed by atoms with Crippen molar-refractivity contribution >= 4 is 11.8 Å². The van der Waals surface area contributed by atoms with Gasteiger partial charge in [0.05, 0.1) is 11.6 Å². The SMILES string of the molecule is CC1(C(=O)NC2CC3(CN(C(=O)Cn4cncn4)C3)n3ccnc32)CCCCC1. The van der Waals surface area contributed by atoms with Gasteiger partial charge in [-0.15, -0.1) is 0 Å². The first-order valence-electron chi connectivity index (χ1n) is 10.4. The summed E-state index contributed by atoms with van der Waals surface area (Å²) in [6, 6.07) is -0.0937. The fourth-order valence-corrected chi connectivity index (χ4v) is 5.23. The third-order valence-corrected chi connectivity index (χ3v) is 6.97. The molecule has 3 aliphatic rings. The molecule has 1 N–H and O–H groups in total. The second-order valence-corrected chi connectivity index (χ2v) is 9.07. The van der Waals surface area contributed by atoms with Gasteiger partial charge in [-0.1, -0.05) is 26.2 Å². The molecule has 5 rings (SSSR count). The normalized spacial score (nSPS) is 24.2. The summed E-state index contributed by atoms with van der Waals surface area (Å²) >= 11 is 0. The van der Waals surface area contributed by atoms with Gasteiger partial charge in [0.15, 0.2) is 0 Å². The number of likely N-dealkylation sites (tertiary alicyclic amines) is 1. The van der Waals surface area contributed by atoms with E-state index in [4.69, 9.17) is 0 Å². The van der Waals surface area contributed by atoms with Crippen LogP contribution in [0.15, 0.2) is 25.0 Å². The zero-order valence-electron chi connectivity index (χ0n) is 16.8.